The van der Waals surface area contributed by atoms with Crippen molar-refractivity contribution in [3.63, 3.8) is 0 Å². The molecule has 5 rings (SSSR count). The zero-order valence-electron chi connectivity index (χ0n) is 19.0. The Morgan fingerprint density at radius 1 is 0.886 bits per heavy atom. The van der Waals surface area contributed by atoms with Gasteiger partial charge >= 0.3 is 6.03 Å². The van der Waals surface area contributed by atoms with Crippen molar-refractivity contribution in [1.82, 2.24) is 10.2 Å². The van der Waals surface area contributed by atoms with Crippen LogP contribution in [0.15, 0.2) is 97.1 Å². The first-order chi connectivity index (χ1) is 16.9. The van der Waals surface area contributed by atoms with Crippen LogP contribution in [0.4, 0.5) is 10.5 Å². The van der Waals surface area contributed by atoms with Crippen LogP contribution in [0.3, 0.4) is 0 Å². The summed E-state index contributed by atoms with van der Waals surface area (Å²) in [4.78, 5) is 39.8. The van der Waals surface area contributed by atoms with Crippen molar-refractivity contribution in [2.24, 2.45) is 0 Å². The molecule has 1 unspecified atom stereocenters. The summed E-state index contributed by atoms with van der Waals surface area (Å²) in [7, 11) is 0. The minimum atomic E-state index is -1.27. The monoisotopic (exact) mass is 465 g/mol. The largest absolute Gasteiger partial charge is 0.455 e. The molecule has 0 spiro atoms. The predicted octanol–water partition coefficient (Wildman–Crippen LogP) is 5.04. The second kappa shape index (κ2) is 8.95. The first-order valence-electron chi connectivity index (χ1n) is 11.2. The Hall–Kier alpha value is -4.65. The van der Waals surface area contributed by atoms with Crippen molar-refractivity contribution in [2.45, 2.75) is 12.5 Å². The smallest absolute Gasteiger partial charge is 0.325 e. The van der Waals surface area contributed by atoms with Gasteiger partial charge < -0.3 is 15.4 Å². The van der Waals surface area contributed by atoms with Crippen LogP contribution >= 0.6 is 0 Å². The van der Waals surface area contributed by atoms with Gasteiger partial charge in [-0.1, -0.05) is 66.7 Å². The number of para-hydroxylation sites is 3. The van der Waals surface area contributed by atoms with Crippen LogP contribution in [0.2, 0.25) is 0 Å². The molecule has 4 amide bonds. The summed E-state index contributed by atoms with van der Waals surface area (Å²) < 4.78 is 5.87. The molecule has 1 aliphatic heterocycles. The summed E-state index contributed by atoms with van der Waals surface area (Å²) in [5.41, 5.74) is -0.180. The second-order valence-electron chi connectivity index (χ2n) is 8.47. The molecule has 0 radical (unpaired) electrons. The number of ether oxygens (including phenoxy) is 1. The first kappa shape index (κ1) is 22.2. The number of hydrogen-bond acceptors (Lipinski definition) is 4. The third-order valence-electron chi connectivity index (χ3n) is 6.04. The van der Waals surface area contributed by atoms with Crippen LogP contribution in [0.1, 0.15) is 12.5 Å². The Kier molecular flexibility index (Phi) is 5.66. The van der Waals surface area contributed by atoms with E-state index in [9.17, 15) is 14.4 Å². The zero-order chi connectivity index (χ0) is 24.4. The molecule has 1 fully saturated rings. The number of nitrogens with zero attached hydrogens (tertiary/aromatic N) is 1. The van der Waals surface area contributed by atoms with Gasteiger partial charge in [0.25, 0.3) is 5.91 Å². The van der Waals surface area contributed by atoms with Gasteiger partial charge in [0.2, 0.25) is 5.91 Å². The third-order valence-corrected chi connectivity index (χ3v) is 6.04. The Labute approximate surface area is 202 Å². The fraction of sp³-hybridized carbons (Fsp3) is 0.107. The van der Waals surface area contributed by atoms with E-state index in [0.717, 1.165) is 15.7 Å². The maximum Gasteiger partial charge on any atom is 0.325 e. The number of benzene rings is 4. The van der Waals surface area contributed by atoms with Crippen molar-refractivity contribution in [1.29, 1.82) is 0 Å². The van der Waals surface area contributed by atoms with Crippen LogP contribution in [0, 0.1) is 0 Å². The lowest BCUT2D eigenvalue weighted by Gasteiger charge is -2.22. The maximum absolute atomic E-state index is 13.3. The summed E-state index contributed by atoms with van der Waals surface area (Å²) in [5, 5.41) is 7.50. The van der Waals surface area contributed by atoms with Crippen LogP contribution in [-0.4, -0.2) is 29.3 Å². The normalized spacial score (nSPS) is 17.3. The van der Waals surface area contributed by atoms with Gasteiger partial charge in [0.05, 0.1) is 5.69 Å². The highest BCUT2D eigenvalue weighted by Gasteiger charge is 2.49. The molecule has 35 heavy (non-hydrogen) atoms. The second-order valence-corrected chi connectivity index (χ2v) is 8.47. The van der Waals surface area contributed by atoms with E-state index in [4.69, 9.17) is 4.74 Å². The molecule has 1 heterocycles. The standard InChI is InChI=1S/C28H23N3O4/c1-28(21-16-15-19-9-5-6-10-20(19)17-21)26(33)31(27(34)30-28)18-25(32)29-23-13-7-8-14-24(23)35-22-11-3-2-4-12-22/h2-17H,18H2,1H3,(H,29,32)(H,30,34). The lowest BCUT2D eigenvalue weighted by Crippen LogP contribution is -2.42. The van der Waals surface area contributed by atoms with Gasteiger partial charge in [0.1, 0.15) is 17.8 Å². The first-order valence-corrected chi connectivity index (χ1v) is 11.2. The van der Waals surface area contributed by atoms with E-state index in [1.54, 1.807) is 43.3 Å². The lowest BCUT2D eigenvalue weighted by molar-refractivity contribution is -0.133. The average molecular weight is 466 g/mol. The number of anilines is 1. The van der Waals surface area contributed by atoms with E-state index in [1.807, 2.05) is 60.7 Å². The van der Waals surface area contributed by atoms with Gasteiger partial charge in [-0.15, -0.1) is 0 Å². The number of rotatable bonds is 6. The van der Waals surface area contributed by atoms with E-state index >= 15 is 0 Å². The number of nitrogens with one attached hydrogen (secondary N) is 2. The van der Waals surface area contributed by atoms with Crippen LogP contribution in [-0.2, 0) is 15.1 Å². The minimum absolute atomic E-state index is 0.423. The molecule has 2 N–H and O–H groups in total. The molecular formula is C28H23N3O4. The van der Waals surface area contributed by atoms with Gasteiger partial charge in [0, 0.05) is 0 Å². The Balaban J connectivity index is 1.32. The van der Waals surface area contributed by atoms with Crippen molar-refractivity contribution in [3.05, 3.63) is 103 Å². The number of amides is 4. The van der Waals surface area contributed by atoms with E-state index in [2.05, 4.69) is 10.6 Å². The van der Waals surface area contributed by atoms with E-state index in [-0.39, 0.29) is 0 Å². The fourth-order valence-corrected chi connectivity index (χ4v) is 4.14. The summed E-state index contributed by atoms with van der Waals surface area (Å²) in [5.74, 6) is 0.0711. The van der Waals surface area contributed by atoms with Gasteiger partial charge in [-0.3, -0.25) is 14.5 Å². The average Bonchev–Trinajstić information content (AvgIpc) is 3.09. The molecule has 7 nitrogen and oxygen atoms in total. The summed E-state index contributed by atoms with van der Waals surface area (Å²) in [6, 6.07) is 28.9. The summed E-state index contributed by atoms with van der Waals surface area (Å²) in [6.45, 7) is 1.23. The highest BCUT2D eigenvalue weighted by Crippen LogP contribution is 2.32. The van der Waals surface area contributed by atoms with Crippen molar-refractivity contribution >= 4 is 34.3 Å². The van der Waals surface area contributed by atoms with E-state index in [1.165, 1.54) is 0 Å². The number of fused-ring (bicyclic) bond motifs is 1. The van der Waals surface area contributed by atoms with Gasteiger partial charge in [0.15, 0.2) is 5.75 Å². The summed E-state index contributed by atoms with van der Waals surface area (Å²) >= 11 is 0. The molecule has 0 aromatic heterocycles. The molecule has 4 aromatic rings. The lowest BCUT2D eigenvalue weighted by atomic mass is 9.90. The fourth-order valence-electron chi connectivity index (χ4n) is 4.14. The van der Waals surface area contributed by atoms with E-state index < -0.39 is 29.9 Å². The van der Waals surface area contributed by atoms with Crippen molar-refractivity contribution < 1.29 is 19.1 Å². The molecule has 0 bridgehead atoms. The van der Waals surface area contributed by atoms with Crippen LogP contribution in [0.5, 0.6) is 11.5 Å². The molecule has 174 valence electrons. The highest BCUT2D eigenvalue weighted by molar-refractivity contribution is 6.10. The number of carbonyl (C=O) groups is 3. The Bertz CT molecular complexity index is 1440. The minimum Gasteiger partial charge on any atom is -0.455 e. The number of urea groups is 1. The van der Waals surface area contributed by atoms with Gasteiger partial charge in [-0.25, -0.2) is 4.79 Å². The molecular weight excluding hydrogens is 442 g/mol. The molecule has 7 heteroatoms. The molecule has 0 aliphatic carbocycles. The molecule has 1 atom stereocenters. The van der Waals surface area contributed by atoms with Crippen LogP contribution in [0.25, 0.3) is 10.8 Å². The molecule has 0 saturated carbocycles. The van der Waals surface area contributed by atoms with Gasteiger partial charge in [-0.05, 0) is 53.6 Å². The number of imide groups is 1. The Morgan fingerprint density at radius 3 is 2.37 bits per heavy atom. The third kappa shape index (κ3) is 4.31. The van der Waals surface area contributed by atoms with Gasteiger partial charge in [-0.2, -0.15) is 0 Å². The maximum atomic E-state index is 13.3. The number of hydrogen-bond donors (Lipinski definition) is 2. The predicted molar refractivity (Wildman–Crippen MR) is 133 cm³/mol. The highest BCUT2D eigenvalue weighted by atomic mass is 16.5. The molecule has 1 aliphatic rings. The number of carbonyl (C=O) groups excluding carboxylic acids is 3. The van der Waals surface area contributed by atoms with Crippen molar-refractivity contribution in [3.8, 4) is 11.5 Å². The zero-order valence-corrected chi connectivity index (χ0v) is 19.0. The topological polar surface area (TPSA) is 87.7 Å². The SMILES string of the molecule is CC1(c2ccc3ccccc3c2)NC(=O)N(CC(=O)Nc2ccccc2Oc2ccccc2)C1=O. The van der Waals surface area contributed by atoms with Crippen LogP contribution < -0.4 is 15.4 Å². The quantitative estimate of drug-likeness (QED) is 0.391. The van der Waals surface area contributed by atoms with Crippen molar-refractivity contribution in [2.75, 3.05) is 11.9 Å². The van der Waals surface area contributed by atoms with E-state index in [0.29, 0.717) is 22.7 Å². The summed E-state index contributed by atoms with van der Waals surface area (Å²) in [6.07, 6.45) is 0. The molecule has 4 aromatic carbocycles. The molecule has 1 saturated heterocycles. The Morgan fingerprint density at radius 2 is 1.57 bits per heavy atom.